The maximum Gasteiger partial charge on any atom is 0.251 e. The van der Waals surface area contributed by atoms with Gasteiger partial charge >= 0.3 is 0 Å². The number of hydrogen-bond donors (Lipinski definition) is 2. The van der Waals surface area contributed by atoms with Gasteiger partial charge in [0.2, 0.25) is 0 Å². The van der Waals surface area contributed by atoms with Crippen LogP contribution in [0, 0.1) is 5.41 Å². The van der Waals surface area contributed by atoms with Gasteiger partial charge in [-0.2, -0.15) is 0 Å². The monoisotopic (exact) mass is 348 g/mol. The van der Waals surface area contributed by atoms with Crippen molar-refractivity contribution in [2.45, 2.75) is 13.8 Å². The standard InChI is InChI=1S/C12H14BrClN2OS/c1-12(2,11(15)18)6-16-10(17)7-3-4-9(14)8(13)5-7/h3-5H,6H2,1-2H3,(H2,15,18)(H,16,17). The van der Waals surface area contributed by atoms with Crippen molar-refractivity contribution in [2.24, 2.45) is 11.1 Å². The molecule has 0 spiro atoms. The van der Waals surface area contributed by atoms with Crippen molar-refractivity contribution in [1.29, 1.82) is 0 Å². The molecule has 1 aromatic carbocycles. The van der Waals surface area contributed by atoms with Crippen LogP contribution in [0.15, 0.2) is 22.7 Å². The zero-order valence-electron chi connectivity index (χ0n) is 10.1. The molecule has 6 heteroatoms. The van der Waals surface area contributed by atoms with Crippen LogP contribution in [0.4, 0.5) is 0 Å². The topological polar surface area (TPSA) is 55.1 Å². The molecule has 0 saturated carbocycles. The number of rotatable bonds is 4. The predicted octanol–water partition coefficient (Wildman–Crippen LogP) is 3.14. The summed E-state index contributed by atoms with van der Waals surface area (Å²) in [6.07, 6.45) is 0. The summed E-state index contributed by atoms with van der Waals surface area (Å²) in [5, 5.41) is 3.36. The molecule has 98 valence electrons. The highest BCUT2D eigenvalue weighted by molar-refractivity contribution is 9.10. The Kier molecular flexibility index (Phi) is 5.13. The van der Waals surface area contributed by atoms with E-state index in [1.807, 2.05) is 13.8 Å². The molecule has 1 amide bonds. The maximum atomic E-state index is 11.9. The van der Waals surface area contributed by atoms with Crippen LogP contribution in [0.25, 0.3) is 0 Å². The Morgan fingerprint density at radius 1 is 1.56 bits per heavy atom. The minimum Gasteiger partial charge on any atom is -0.393 e. The van der Waals surface area contributed by atoms with E-state index in [-0.39, 0.29) is 5.91 Å². The quantitative estimate of drug-likeness (QED) is 0.821. The van der Waals surface area contributed by atoms with Gasteiger partial charge in [-0.1, -0.05) is 37.7 Å². The number of benzene rings is 1. The Balaban J connectivity index is 2.72. The SMILES string of the molecule is CC(C)(CNC(=O)c1ccc(Cl)c(Br)c1)C(N)=S. The second kappa shape index (κ2) is 5.99. The van der Waals surface area contributed by atoms with Crippen LogP contribution >= 0.6 is 39.7 Å². The van der Waals surface area contributed by atoms with Gasteiger partial charge in [-0.05, 0) is 34.1 Å². The number of halogens is 2. The van der Waals surface area contributed by atoms with E-state index in [2.05, 4.69) is 21.2 Å². The fourth-order valence-corrected chi connectivity index (χ4v) is 1.70. The van der Waals surface area contributed by atoms with E-state index in [9.17, 15) is 4.79 Å². The molecule has 0 saturated heterocycles. The van der Waals surface area contributed by atoms with Crippen molar-refractivity contribution < 1.29 is 4.79 Å². The molecule has 0 unspecified atom stereocenters. The first-order valence-corrected chi connectivity index (χ1v) is 6.85. The maximum absolute atomic E-state index is 11.9. The largest absolute Gasteiger partial charge is 0.393 e. The molecule has 1 aromatic rings. The highest BCUT2D eigenvalue weighted by Gasteiger charge is 2.22. The molecule has 3 nitrogen and oxygen atoms in total. The summed E-state index contributed by atoms with van der Waals surface area (Å²) in [6.45, 7) is 4.15. The summed E-state index contributed by atoms with van der Waals surface area (Å²) in [5.41, 5.74) is 5.72. The Morgan fingerprint density at radius 3 is 2.67 bits per heavy atom. The summed E-state index contributed by atoms with van der Waals surface area (Å²) >= 11 is 14.1. The molecular formula is C12H14BrClN2OS. The lowest BCUT2D eigenvalue weighted by molar-refractivity contribution is 0.0945. The number of thiocarbonyl (C=S) groups is 1. The molecule has 0 radical (unpaired) electrons. The van der Waals surface area contributed by atoms with E-state index >= 15 is 0 Å². The zero-order chi connectivity index (χ0) is 13.9. The van der Waals surface area contributed by atoms with Crippen molar-refractivity contribution in [2.75, 3.05) is 6.54 Å². The lowest BCUT2D eigenvalue weighted by atomic mass is 9.93. The van der Waals surface area contributed by atoms with E-state index < -0.39 is 5.41 Å². The minimum atomic E-state index is -0.408. The Morgan fingerprint density at radius 2 is 2.17 bits per heavy atom. The van der Waals surface area contributed by atoms with E-state index in [0.717, 1.165) is 0 Å². The fourth-order valence-electron chi connectivity index (χ4n) is 1.13. The number of carbonyl (C=O) groups excluding carboxylic acids is 1. The van der Waals surface area contributed by atoms with Crippen molar-refractivity contribution in [1.82, 2.24) is 5.32 Å². The van der Waals surface area contributed by atoms with Crippen molar-refractivity contribution >= 4 is 50.6 Å². The second-order valence-electron chi connectivity index (χ2n) is 4.56. The fraction of sp³-hybridized carbons (Fsp3) is 0.333. The van der Waals surface area contributed by atoms with Gasteiger partial charge in [0.25, 0.3) is 5.91 Å². The molecule has 3 N–H and O–H groups in total. The van der Waals surface area contributed by atoms with Gasteiger partial charge in [-0.25, -0.2) is 0 Å². The lowest BCUT2D eigenvalue weighted by Gasteiger charge is -2.23. The molecule has 18 heavy (non-hydrogen) atoms. The van der Waals surface area contributed by atoms with Gasteiger partial charge in [0.05, 0.1) is 10.0 Å². The average molecular weight is 350 g/mol. The summed E-state index contributed by atoms with van der Waals surface area (Å²) in [6, 6.07) is 5.00. The molecule has 0 aliphatic rings. The van der Waals surface area contributed by atoms with Gasteiger partial charge in [-0.15, -0.1) is 0 Å². The van der Waals surface area contributed by atoms with Crippen LogP contribution in [-0.2, 0) is 0 Å². The third-order valence-corrected chi connectivity index (χ3v) is 4.31. The Bertz CT molecular complexity index is 491. The van der Waals surface area contributed by atoms with Crippen LogP contribution in [-0.4, -0.2) is 17.4 Å². The zero-order valence-corrected chi connectivity index (χ0v) is 13.2. The number of nitrogens with two attached hydrogens (primary N) is 1. The van der Waals surface area contributed by atoms with Crippen molar-refractivity contribution in [3.8, 4) is 0 Å². The number of hydrogen-bond acceptors (Lipinski definition) is 2. The molecule has 0 heterocycles. The summed E-state index contributed by atoms with van der Waals surface area (Å²) < 4.78 is 0.686. The highest BCUT2D eigenvalue weighted by atomic mass is 79.9. The van der Waals surface area contributed by atoms with Crippen LogP contribution < -0.4 is 11.1 Å². The average Bonchev–Trinajstić information content (AvgIpc) is 2.29. The number of carbonyl (C=O) groups is 1. The normalized spacial score (nSPS) is 11.1. The highest BCUT2D eigenvalue weighted by Crippen LogP contribution is 2.23. The van der Waals surface area contributed by atoms with Gasteiger partial charge in [-0.3, -0.25) is 4.79 Å². The van der Waals surface area contributed by atoms with E-state index in [1.54, 1.807) is 18.2 Å². The molecule has 0 fully saturated rings. The molecule has 0 bridgehead atoms. The van der Waals surface area contributed by atoms with Crippen LogP contribution in [0.1, 0.15) is 24.2 Å². The van der Waals surface area contributed by atoms with Crippen molar-refractivity contribution in [3.63, 3.8) is 0 Å². The smallest absolute Gasteiger partial charge is 0.251 e. The second-order valence-corrected chi connectivity index (χ2v) is 6.26. The van der Waals surface area contributed by atoms with Crippen LogP contribution in [0.2, 0.25) is 5.02 Å². The minimum absolute atomic E-state index is 0.184. The molecule has 0 atom stereocenters. The molecule has 1 rings (SSSR count). The number of amides is 1. The molecule has 0 aliphatic carbocycles. The predicted molar refractivity (Wildman–Crippen MR) is 82.1 cm³/mol. The summed E-state index contributed by atoms with van der Waals surface area (Å²) in [5.74, 6) is -0.184. The molecule has 0 aliphatic heterocycles. The Hall–Kier alpha value is -0.650. The van der Waals surface area contributed by atoms with Gasteiger partial charge in [0, 0.05) is 22.0 Å². The third-order valence-electron chi connectivity index (χ3n) is 2.54. The van der Waals surface area contributed by atoms with E-state index in [4.69, 9.17) is 29.6 Å². The van der Waals surface area contributed by atoms with Gasteiger partial charge in [0.15, 0.2) is 0 Å². The Labute approximate surface area is 125 Å². The first-order chi connectivity index (χ1) is 8.24. The third kappa shape index (κ3) is 3.93. The van der Waals surface area contributed by atoms with Gasteiger partial charge in [0.1, 0.15) is 0 Å². The molecule has 0 aromatic heterocycles. The van der Waals surface area contributed by atoms with Crippen LogP contribution in [0.3, 0.4) is 0 Å². The first kappa shape index (κ1) is 15.4. The number of nitrogens with one attached hydrogen (secondary N) is 1. The first-order valence-electron chi connectivity index (χ1n) is 5.27. The van der Waals surface area contributed by atoms with E-state index in [0.29, 0.717) is 26.6 Å². The van der Waals surface area contributed by atoms with E-state index in [1.165, 1.54) is 0 Å². The lowest BCUT2D eigenvalue weighted by Crippen LogP contribution is -2.41. The molecular weight excluding hydrogens is 336 g/mol. The summed E-state index contributed by atoms with van der Waals surface area (Å²) in [4.78, 5) is 12.3. The van der Waals surface area contributed by atoms with Crippen molar-refractivity contribution in [3.05, 3.63) is 33.3 Å². The van der Waals surface area contributed by atoms with Gasteiger partial charge < -0.3 is 11.1 Å². The summed E-state index contributed by atoms with van der Waals surface area (Å²) in [7, 11) is 0. The van der Waals surface area contributed by atoms with Crippen LogP contribution in [0.5, 0.6) is 0 Å².